The second-order valence-corrected chi connectivity index (χ2v) is 25.5. The maximum absolute atomic E-state index is 14.2. The summed E-state index contributed by atoms with van der Waals surface area (Å²) in [6.07, 6.45) is 9.97. The Labute approximate surface area is 434 Å². The number of carbonyl (C=O) groups is 1. The molecule has 0 spiro atoms. The van der Waals surface area contributed by atoms with E-state index in [1.54, 1.807) is 54.6 Å². The molecule has 2 aliphatic heterocycles. The van der Waals surface area contributed by atoms with E-state index in [4.69, 9.17) is 5.53 Å². The van der Waals surface area contributed by atoms with Crippen LogP contribution in [0.25, 0.3) is 32.0 Å². The molecule has 0 aromatic heterocycles. The lowest BCUT2D eigenvalue weighted by Crippen LogP contribution is -2.30. The Bertz CT molecular complexity index is 3480. The molecule has 1 amide bonds. The lowest BCUT2D eigenvalue weighted by molar-refractivity contribution is -0.777. The molecule has 0 aliphatic carbocycles. The molecule has 0 radical (unpaired) electrons. The number of sulfonamides is 1. The van der Waals surface area contributed by atoms with Crippen molar-refractivity contribution in [3.8, 4) is 0 Å². The van der Waals surface area contributed by atoms with E-state index in [0.29, 0.717) is 76.9 Å². The number of hydrogen-bond donors (Lipinski definition) is 1. The predicted molar refractivity (Wildman–Crippen MR) is 272 cm³/mol. The highest BCUT2D eigenvalue weighted by Gasteiger charge is 2.46. The lowest BCUT2D eigenvalue weighted by atomic mass is 9.79. The van der Waals surface area contributed by atoms with Crippen LogP contribution in [0.4, 0.5) is 11.4 Å². The SMILES string of the molecule is CN(CCCC(=O)NCCCN=[N+]=[N-])S(=O)(=O)c1cccc2c3c(ccc12)N(CCCS(=O)(=O)[O-])/C(=C/C=C/C=C/C1=[N+](CCCSOO[O-])c2ccc4c(S(=O)(=O)[O-])cc(S(=O)(=O)[O-])cc4c2C1(C)C)C3(C)C. The second-order valence-electron chi connectivity index (χ2n) is 18.4. The highest BCUT2D eigenvalue weighted by atomic mass is 32.2. The first-order chi connectivity index (χ1) is 34.7. The quantitative estimate of drug-likeness (QED) is 0.00831. The van der Waals surface area contributed by atoms with Crippen molar-refractivity contribution in [3.05, 3.63) is 112 Å². The summed E-state index contributed by atoms with van der Waals surface area (Å²) in [5, 5.41) is 21.1. The van der Waals surface area contributed by atoms with Crippen molar-refractivity contribution in [2.75, 3.05) is 56.2 Å². The molecule has 0 bridgehead atoms. The number of carbonyl (C=O) groups excluding carboxylic acids is 1. The van der Waals surface area contributed by atoms with E-state index in [2.05, 4.69) is 24.7 Å². The molecule has 6 rings (SSSR count). The van der Waals surface area contributed by atoms with Gasteiger partial charge in [0.15, 0.2) is 5.71 Å². The van der Waals surface area contributed by atoms with Crippen LogP contribution < -0.4 is 15.5 Å². The van der Waals surface area contributed by atoms with Gasteiger partial charge in [0, 0.05) is 120 Å². The maximum Gasteiger partial charge on any atom is 0.243 e. The Kier molecular flexibility index (Phi) is 18.3. The Balaban J connectivity index is 1.36. The maximum atomic E-state index is 14.2. The summed E-state index contributed by atoms with van der Waals surface area (Å²) in [5.41, 5.74) is 10.3. The van der Waals surface area contributed by atoms with Gasteiger partial charge >= 0.3 is 0 Å². The summed E-state index contributed by atoms with van der Waals surface area (Å²) < 4.78 is 145. The number of amides is 1. The third kappa shape index (κ3) is 12.9. The topological polar surface area (TPSA) is 335 Å². The van der Waals surface area contributed by atoms with Gasteiger partial charge in [0.05, 0.1) is 30.2 Å². The van der Waals surface area contributed by atoms with E-state index in [0.717, 1.165) is 23.7 Å². The standard InChI is InChI=1S/C47H57N7O15S5/c1-46(2)41(16-7-6-8-17-42-47(3,4)45-36-30-32(73(62,63)64)31-40(74(65,66)67)34(36)20-22-38(45)53(42)26-12-28-70-69-68-56)54(27-13-29-71(57,58)59)37-21-19-33-35(44(37)46)14-9-15-39(33)72(60,61)52(5)25-10-18-43(55)49-23-11-24-50-51-48/h6-9,14-17,19-22,30-31H,10-13,18,23-29H2,1-5H3,(H4-,49,55,56,57,58,59,62,63,64,65,66,67)/p-3. The lowest BCUT2D eigenvalue weighted by Gasteiger charge is -2.27. The van der Waals surface area contributed by atoms with Crippen molar-refractivity contribution in [2.45, 2.75) is 85.3 Å². The van der Waals surface area contributed by atoms with Crippen molar-refractivity contribution < 1.29 is 71.3 Å². The zero-order chi connectivity index (χ0) is 54.4. The fraction of sp³-hybridized carbons (Fsp3) is 0.404. The molecule has 2 heterocycles. The van der Waals surface area contributed by atoms with E-state index in [1.807, 2.05) is 43.2 Å². The van der Waals surface area contributed by atoms with E-state index >= 15 is 0 Å². The van der Waals surface area contributed by atoms with E-state index < -0.39 is 66.8 Å². The first kappa shape index (κ1) is 58.0. The molecular formula is C47H54N7O15S5-3. The normalized spacial score (nSPS) is 16.3. The van der Waals surface area contributed by atoms with Gasteiger partial charge < -0.3 is 29.1 Å². The number of nitrogens with zero attached hydrogens (tertiary/aromatic N) is 6. The number of benzene rings is 4. The average molecular weight is 1120 g/mol. The van der Waals surface area contributed by atoms with Crippen molar-refractivity contribution in [1.29, 1.82) is 0 Å². The van der Waals surface area contributed by atoms with Crippen LogP contribution in [-0.4, -0.2) is 119 Å². The van der Waals surface area contributed by atoms with E-state index in [-0.39, 0.29) is 60.5 Å². The number of fused-ring (bicyclic) bond motifs is 6. The first-order valence-corrected chi connectivity index (χ1v) is 29.7. The second kappa shape index (κ2) is 23.3. The summed E-state index contributed by atoms with van der Waals surface area (Å²) in [5.74, 6) is -0.597. The Hall–Kier alpha value is -5.26. The van der Waals surface area contributed by atoms with Gasteiger partial charge in [-0.25, -0.2) is 38.0 Å². The van der Waals surface area contributed by atoms with E-state index in [9.17, 15) is 57.4 Å². The average Bonchev–Trinajstić information content (AvgIpc) is 3.67. The molecule has 0 unspecified atom stereocenters. The van der Waals surface area contributed by atoms with Gasteiger partial charge in [0.1, 0.15) is 26.8 Å². The summed E-state index contributed by atoms with van der Waals surface area (Å²) in [7, 11) is -17.7. The van der Waals surface area contributed by atoms with Crippen LogP contribution in [0.15, 0.2) is 110 Å². The van der Waals surface area contributed by atoms with Gasteiger partial charge in [-0.05, 0) is 91.4 Å². The minimum atomic E-state index is -5.26. The van der Waals surface area contributed by atoms with Crippen LogP contribution in [-0.2, 0) is 65.4 Å². The monoisotopic (exact) mass is 1120 g/mol. The highest BCUT2D eigenvalue weighted by Crippen LogP contribution is 2.52. The van der Waals surface area contributed by atoms with E-state index in [1.165, 1.54) is 23.5 Å². The number of rotatable bonds is 25. The number of allylic oxidation sites excluding steroid dienone is 6. The Morgan fingerprint density at radius 3 is 2.24 bits per heavy atom. The first-order valence-electron chi connectivity index (χ1n) is 23.0. The molecule has 400 valence electrons. The molecule has 1 N–H and O–H groups in total. The van der Waals surface area contributed by atoms with Crippen LogP contribution in [0.3, 0.4) is 0 Å². The third-order valence-corrected chi connectivity index (χ3v) is 17.9. The minimum Gasteiger partial charge on any atom is -0.748 e. The summed E-state index contributed by atoms with van der Waals surface area (Å²) in [6, 6.07) is 13.0. The van der Waals surface area contributed by atoms with Gasteiger partial charge in [-0.2, -0.15) is 8.91 Å². The number of hydrogen-bond acceptors (Lipinski definition) is 18. The largest absolute Gasteiger partial charge is 0.748 e. The minimum absolute atomic E-state index is 0.0230. The van der Waals surface area contributed by atoms with Gasteiger partial charge in [-0.15, -0.1) is 0 Å². The van der Waals surface area contributed by atoms with Gasteiger partial charge in [-0.1, -0.05) is 55.4 Å². The molecule has 27 heteroatoms. The van der Waals surface area contributed by atoms with Crippen LogP contribution in [0.5, 0.6) is 0 Å². The zero-order valence-corrected chi connectivity index (χ0v) is 45.0. The molecule has 4 aromatic carbocycles. The van der Waals surface area contributed by atoms with Gasteiger partial charge in [0.2, 0.25) is 21.6 Å². The smallest absolute Gasteiger partial charge is 0.243 e. The van der Waals surface area contributed by atoms with Crippen LogP contribution >= 0.6 is 12.0 Å². The van der Waals surface area contributed by atoms with Crippen molar-refractivity contribution >= 4 is 97.0 Å². The molecule has 0 fully saturated rings. The highest BCUT2D eigenvalue weighted by molar-refractivity contribution is 7.94. The van der Waals surface area contributed by atoms with Gasteiger partial charge in [0.25, 0.3) is 0 Å². The molecule has 2 aliphatic rings. The number of azide groups is 1. The number of anilines is 1. The Morgan fingerprint density at radius 2 is 1.57 bits per heavy atom. The van der Waals surface area contributed by atoms with Crippen molar-refractivity contribution in [2.24, 2.45) is 5.11 Å². The molecule has 74 heavy (non-hydrogen) atoms. The summed E-state index contributed by atoms with van der Waals surface area (Å²) in [6.45, 7) is 8.50. The summed E-state index contributed by atoms with van der Waals surface area (Å²) in [4.78, 5) is 15.2. The molecule has 0 saturated carbocycles. The predicted octanol–water partition coefficient (Wildman–Crippen LogP) is 5.39. The van der Waals surface area contributed by atoms with Crippen LogP contribution in [0, 0.1) is 0 Å². The number of nitrogens with one attached hydrogen (secondary N) is 1. The van der Waals surface area contributed by atoms with Crippen LogP contribution in [0.1, 0.15) is 70.9 Å². The molecular weight excluding hydrogens is 1060 g/mol. The molecule has 4 aromatic rings. The third-order valence-electron chi connectivity index (χ3n) is 12.9. The fourth-order valence-corrected chi connectivity index (χ4v) is 13.2. The summed E-state index contributed by atoms with van der Waals surface area (Å²) >= 11 is 0.772. The van der Waals surface area contributed by atoms with Crippen molar-refractivity contribution in [3.63, 3.8) is 0 Å². The molecule has 0 atom stereocenters. The zero-order valence-electron chi connectivity index (χ0n) is 40.9. The van der Waals surface area contributed by atoms with Crippen LogP contribution in [0.2, 0.25) is 0 Å². The Morgan fingerprint density at radius 1 is 0.851 bits per heavy atom. The molecule has 22 nitrogen and oxygen atoms in total. The van der Waals surface area contributed by atoms with Crippen molar-refractivity contribution in [1.82, 2.24) is 9.62 Å². The molecule has 0 saturated heterocycles. The van der Waals surface area contributed by atoms with Gasteiger partial charge in [-0.3, -0.25) is 9.83 Å². The fourth-order valence-electron chi connectivity index (χ4n) is 9.64.